The average Bonchev–Trinajstić information content (AvgIpc) is 2.55. The lowest BCUT2D eigenvalue weighted by Crippen LogP contribution is -2.55. The van der Waals surface area contributed by atoms with Crippen LogP contribution in [0.3, 0.4) is 0 Å². The molecule has 3 rings (SSSR count). The van der Waals surface area contributed by atoms with Crippen LogP contribution in [0.1, 0.15) is 12.5 Å². The van der Waals surface area contributed by atoms with Crippen molar-refractivity contribution < 1.29 is 18.0 Å². The van der Waals surface area contributed by atoms with Crippen LogP contribution in [0, 0.1) is 17.5 Å². The standard InChI is InChI=1S/C18H17F3N2O/c1-12-18(24)23(17-7-6-15(20)10-16(17)21)9-8-22(12)11-13-2-4-14(19)5-3-13/h2-7,10,12H,8-9,11H2,1H3. The first-order chi connectivity index (χ1) is 11.5. The Morgan fingerprint density at radius 2 is 1.67 bits per heavy atom. The van der Waals surface area contributed by atoms with Crippen molar-refractivity contribution in [2.45, 2.75) is 19.5 Å². The largest absolute Gasteiger partial charge is 0.307 e. The van der Waals surface area contributed by atoms with Crippen LogP contribution >= 0.6 is 0 Å². The SMILES string of the molecule is CC1C(=O)N(c2ccc(F)cc2F)CCN1Cc1ccc(F)cc1. The average molecular weight is 334 g/mol. The summed E-state index contributed by atoms with van der Waals surface area (Å²) in [5.41, 5.74) is 0.993. The second-order valence-electron chi connectivity index (χ2n) is 5.86. The Labute approximate surface area is 138 Å². The number of carbonyl (C=O) groups excluding carboxylic acids is 1. The molecule has 0 radical (unpaired) electrons. The molecule has 1 atom stereocenters. The van der Waals surface area contributed by atoms with E-state index in [1.54, 1.807) is 19.1 Å². The maximum Gasteiger partial charge on any atom is 0.244 e. The number of rotatable bonds is 3. The zero-order chi connectivity index (χ0) is 17.3. The Bertz CT molecular complexity index is 748. The van der Waals surface area contributed by atoms with Gasteiger partial charge in [0.05, 0.1) is 11.7 Å². The predicted octanol–water partition coefficient (Wildman–Crippen LogP) is 3.34. The maximum atomic E-state index is 13.9. The molecule has 1 unspecified atom stereocenters. The summed E-state index contributed by atoms with van der Waals surface area (Å²) in [6.07, 6.45) is 0. The topological polar surface area (TPSA) is 23.6 Å². The van der Waals surface area contributed by atoms with Gasteiger partial charge in [-0.15, -0.1) is 0 Å². The van der Waals surface area contributed by atoms with Crippen molar-refractivity contribution in [3.63, 3.8) is 0 Å². The molecular weight excluding hydrogens is 317 g/mol. The first-order valence-corrected chi connectivity index (χ1v) is 7.70. The van der Waals surface area contributed by atoms with Gasteiger partial charge in [-0.05, 0) is 36.8 Å². The molecule has 6 heteroatoms. The van der Waals surface area contributed by atoms with Crippen molar-refractivity contribution in [2.24, 2.45) is 0 Å². The summed E-state index contributed by atoms with van der Waals surface area (Å²) in [5, 5.41) is 0. The predicted molar refractivity (Wildman–Crippen MR) is 85.0 cm³/mol. The minimum atomic E-state index is -0.748. The summed E-state index contributed by atoms with van der Waals surface area (Å²) in [5.74, 6) is -1.97. The minimum Gasteiger partial charge on any atom is -0.307 e. The molecule has 1 fully saturated rings. The van der Waals surface area contributed by atoms with Crippen molar-refractivity contribution in [3.05, 3.63) is 65.5 Å². The molecular formula is C18H17F3N2O. The van der Waals surface area contributed by atoms with Gasteiger partial charge >= 0.3 is 0 Å². The fourth-order valence-corrected chi connectivity index (χ4v) is 2.89. The fraction of sp³-hybridized carbons (Fsp3) is 0.278. The highest BCUT2D eigenvalue weighted by molar-refractivity contribution is 5.97. The molecule has 0 saturated carbocycles. The third-order valence-electron chi connectivity index (χ3n) is 4.28. The summed E-state index contributed by atoms with van der Waals surface area (Å²) in [6.45, 7) is 3.11. The molecule has 1 aliphatic heterocycles. The lowest BCUT2D eigenvalue weighted by atomic mass is 10.1. The molecule has 126 valence electrons. The first-order valence-electron chi connectivity index (χ1n) is 7.70. The summed E-state index contributed by atoms with van der Waals surface area (Å²) >= 11 is 0. The molecule has 2 aromatic carbocycles. The summed E-state index contributed by atoms with van der Waals surface area (Å²) < 4.78 is 39.9. The van der Waals surface area contributed by atoms with Crippen molar-refractivity contribution in [1.82, 2.24) is 4.90 Å². The van der Waals surface area contributed by atoms with Crippen LogP contribution in [-0.2, 0) is 11.3 Å². The zero-order valence-electron chi connectivity index (χ0n) is 13.2. The summed E-state index contributed by atoms with van der Waals surface area (Å²) in [4.78, 5) is 15.9. The van der Waals surface area contributed by atoms with Gasteiger partial charge in [0.2, 0.25) is 5.91 Å². The molecule has 1 amide bonds. The molecule has 2 aromatic rings. The zero-order valence-corrected chi connectivity index (χ0v) is 13.2. The van der Waals surface area contributed by atoms with E-state index in [-0.39, 0.29) is 17.4 Å². The van der Waals surface area contributed by atoms with E-state index in [1.807, 2.05) is 4.90 Å². The van der Waals surface area contributed by atoms with Crippen LogP contribution in [0.15, 0.2) is 42.5 Å². The van der Waals surface area contributed by atoms with Crippen molar-refractivity contribution in [3.8, 4) is 0 Å². The molecule has 0 N–H and O–H groups in total. The van der Waals surface area contributed by atoms with Crippen molar-refractivity contribution in [1.29, 1.82) is 0 Å². The fourth-order valence-electron chi connectivity index (χ4n) is 2.89. The van der Waals surface area contributed by atoms with E-state index in [9.17, 15) is 18.0 Å². The molecule has 0 spiro atoms. The molecule has 1 aliphatic rings. The van der Waals surface area contributed by atoms with Crippen molar-refractivity contribution in [2.75, 3.05) is 18.0 Å². The number of anilines is 1. The van der Waals surface area contributed by atoms with Gasteiger partial charge in [0.1, 0.15) is 17.5 Å². The van der Waals surface area contributed by atoms with Gasteiger partial charge in [-0.3, -0.25) is 9.69 Å². The smallest absolute Gasteiger partial charge is 0.244 e. The van der Waals surface area contributed by atoms with Crippen LogP contribution in [0.5, 0.6) is 0 Å². The highest BCUT2D eigenvalue weighted by Crippen LogP contribution is 2.25. The van der Waals surface area contributed by atoms with Gasteiger partial charge in [0.15, 0.2) is 0 Å². The number of carbonyl (C=O) groups is 1. The number of halogens is 3. The van der Waals surface area contributed by atoms with E-state index in [0.717, 1.165) is 17.7 Å². The molecule has 1 heterocycles. The van der Waals surface area contributed by atoms with Crippen LogP contribution < -0.4 is 4.90 Å². The van der Waals surface area contributed by atoms with E-state index >= 15 is 0 Å². The number of hydrogen-bond acceptors (Lipinski definition) is 2. The normalized spacial score (nSPS) is 18.9. The number of piperazine rings is 1. The third-order valence-corrected chi connectivity index (χ3v) is 4.28. The Hall–Kier alpha value is -2.34. The maximum absolute atomic E-state index is 13.9. The minimum absolute atomic E-state index is 0.0923. The number of benzene rings is 2. The Morgan fingerprint density at radius 1 is 1.00 bits per heavy atom. The van der Waals surface area contributed by atoms with Gasteiger partial charge in [-0.2, -0.15) is 0 Å². The molecule has 24 heavy (non-hydrogen) atoms. The molecule has 0 bridgehead atoms. The number of hydrogen-bond donors (Lipinski definition) is 0. The molecule has 3 nitrogen and oxygen atoms in total. The second kappa shape index (κ2) is 6.65. The third kappa shape index (κ3) is 3.28. The second-order valence-corrected chi connectivity index (χ2v) is 5.86. The highest BCUT2D eigenvalue weighted by Gasteiger charge is 2.33. The van der Waals surface area contributed by atoms with Crippen molar-refractivity contribution >= 4 is 11.6 Å². The van der Waals surface area contributed by atoms with Gasteiger partial charge in [0, 0.05) is 25.7 Å². The number of nitrogens with zero attached hydrogens (tertiary/aromatic N) is 2. The van der Waals surface area contributed by atoms with E-state index in [2.05, 4.69) is 0 Å². The van der Waals surface area contributed by atoms with Crippen LogP contribution in [-0.4, -0.2) is 29.9 Å². The summed E-state index contributed by atoms with van der Waals surface area (Å²) in [7, 11) is 0. The van der Waals surface area contributed by atoms with E-state index in [1.165, 1.54) is 23.1 Å². The van der Waals surface area contributed by atoms with Crippen LogP contribution in [0.4, 0.5) is 18.9 Å². The van der Waals surface area contributed by atoms with Crippen LogP contribution in [0.25, 0.3) is 0 Å². The highest BCUT2D eigenvalue weighted by atomic mass is 19.1. The monoisotopic (exact) mass is 334 g/mol. The Kier molecular flexibility index (Phi) is 4.57. The number of amides is 1. The quantitative estimate of drug-likeness (QED) is 0.859. The molecule has 0 aliphatic carbocycles. The summed E-state index contributed by atoms with van der Waals surface area (Å²) in [6, 6.07) is 8.87. The van der Waals surface area contributed by atoms with E-state index in [4.69, 9.17) is 0 Å². The van der Waals surface area contributed by atoms with E-state index in [0.29, 0.717) is 19.6 Å². The van der Waals surface area contributed by atoms with Gasteiger partial charge in [-0.25, -0.2) is 13.2 Å². The van der Waals surface area contributed by atoms with Gasteiger partial charge in [-0.1, -0.05) is 12.1 Å². The Morgan fingerprint density at radius 3 is 2.33 bits per heavy atom. The lowest BCUT2D eigenvalue weighted by molar-refractivity contribution is -0.125. The molecule has 0 aromatic heterocycles. The Balaban J connectivity index is 1.74. The first kappa shape index (κ1) is 16.5. The van der Waals surface area contributed by atoms with Gasteiger partial charge in [0.25, 0.3) is 0 Å². The van der Waals surface area contributed by atoms with E-state index < -0.39 is 17.7 Å². The lowest BCUT2D eigenvalue weighted by Gasteiger charge is -2.39. The molecule has 1 saturated heterocycles. The van der Waals surface area contributed by atoms with Gasteiger partial charge < -0.3 is 4.90 Å². The van der Waals surface area contributed by atoms with Crippen LogP contribution in [0.2, 0.25) is 0 Å².